The van der Waals surface area contributed by atoms with Crippen molar-refractivity contribution in [2.75, 3.05) is 0 Å². The van der Waals surface area contributed by atoms with Crippen LogP contribution < -0.4 is 0 Å². The third-order valence-corrected chi connectivity index (χ3v) is 4.36. The monoisotopic (exact) mass is 222 g/mol. The second kappa shape index (κ2) is 4.60. The van der Waals surface area contributed by atoms with Crippen molar-refractivity contribution in [3.05, 3.63) is 12.2 Å². The van der Waals surface area contributed by atoms with Crippen molar-refractivity contribution in [3.63, 3.8) is 0 Å². The zero-order valence-corrected chi connectivity index (χ0v) is 10.5. The standard InChI is InChI=1S/C14H22O2/c1-4-14(15)16-13-8-9(2)11-6-5-7-12(11)10(13)3/h5-6,9-13H,4,7-8H2,1-3H3/t9?,10?,11-,12+,13-/m0/s1. The fourth-order valence-electron chi connectivity index (χ4n) is 3.29. The summed E-state index contributed by atoms with van der Waals surface area (Å²) < 4.78 is 5.56. The Kier molecular flexibility index (Phi) is 3.36. The molecule has 2 rings (SSSR count). The zero-order valence-electron chi connectivity index (χ0n) is 10.5. The van der Waals surface area contributed by atoms with Gasteiger partial charge in [-0.1, -0.05) is 32.9 Å². The molecular formula is C14H22O2. The molecule has 0 aromatic rings. The smallest absolute Gasteiger partial charge is 0.305 e. The lowest BCUT2D eigenvalue weighted by Crippen LogP contribution is -2.40. The topological polar surface area (TPSA) is 26.3 Å². The molecule has 2 heteroatoms. The van der Waals surface area contributed by atoms with Crippen molar-refractivity contribution in [2.45, 2.75) is 46.1 Å². The summed E-state index contributed by atoms with van der Waals surface area (Å²) in [4.78, 5) is 11.4. The average Bonchev–Trinajstić information content (AvgIpc) is 2.74. The molecule has 2 nitrogen and oxygen atoms in total. The van der Waals surface area contributed by atoms with E-state index in [2.05, 4.69) is 26.0 Å². The summed E-state index contributed by atoms with van der Waals surface area (Å²) in [7, 11) is 0. The van der Waals surface area contributed by atoms with Crippen LogP contribution in [0.1, 0.15) is 40.0 Å². The predicted octanol–water partition coefficient (Wildman–Crippen LogP) is 3.18. The van der Waals surface area contributed by atoms with E-state index < -0.39 is 0 Å². The Morgan fingerprint density at radius 1 is 1.44 bits per heavy atom. The lowest BCUT2D eigenvalue weighted by molar-refractivity contribution is -0.156. The van der Waals surface area contributed by atoms with Crippen LogP contribution in [0.4, 0.5) is 0 Å². The van der Waals surface area contributed by atoms with Crippen LogP contribution in [0.3, 0.4) is 0 Å². The van der Waals surface area contributed by atoms with E-state index in [1.165, 1.54) is 0 Å². The van der Waals surface area contributed by atoms with Crippen LogP contribution in [-0.2, 0) is 9.53 Å². The third kappa shape index (κ3) is 2.02. The van der Waals surface area contributed by atoms with Gasteiger partial charge in [-0.05, 0) is 36.5 Å². The van der Waals surface area contributed by atoms with Crippen molar-refractivity contribution in [1.29, 1.82) is 0 Å². The van der Waals surface area contributed by atoms with Gasteiger partial charge in [0, 0.05) is 6.42 Å². The summed E-state index contributed by atoms with van der Waals surface area (Å²) in [6.45, 7) is 6.38. The van der Waals surface area contributed by atoms with Crippen LogP contribution in [0.2, 0.25) is 0 Å². The van der Waals surface area contributed by atoms with Gasteiger partial charge < -0.3 is 4.74 Å². The highest BCUT2D eigenvalue weighted by atomic mass is 16.5. The molecule has 2 unspecified atom stereocenters. The van der Waals surface area contributed by atoms with Gasteiger partial charge in [-0.3, -0.25) is 4.79 Å². The van der Waals surface area contributed by atoms with Crippen molar-refractivity contribution < 1.29 is 9.53 Å². The van der Waals surface area contributed by atoms with E-state index in [9.17, 15) is 4.79 Å². The summed E-state index contributed by atoms with van der Waals surface area (Å²) >= 11 is 0. The van der Waals surface area contributed by atoms with Crippen molar-refractivity contribution >= 4 is 5.97 Å². The van der Waals surface area contributed by atoms with Gasteiger partial charge in [0.25, 0.3) is 0 Å². The summed E-state index contributed by atoms with van der Waals surface area (Å²) in [5.41, 5.74) is 0. The van der Waals surface area contributed by atoms with Gasteiger partial charge in [-0.2, -0.15) is 0 Å². The lowest BCUT2D eigenvalue weighted by Gasteiger charge is -2.41. The van der Waals surface area contributed by atoms with E-state index in [4.69, 9.17) is 4.74 Å². The van der Waals surface area contributed by atoms with Gasteiger partial charge in [0.15, 0.2) is 0 Å². The normalized spacial score (nSPS) is 41.8. The van der Waals surface area contributed by atoms with Crippen LogP contribution in [0.5, 0.6) is 0 Å². The molecule has 1 fully saturated rings. The molecule has 0 spiro atoms. The van der Waals surface area contributed by atoms with E-state index in [0.29, 0.717) is 30.1 Å². The largest absolute Gasteiger partial charge is 0.462 e. The molecular weight excluding hydrogens is 200 g/mol. The number of esters is 1. The molecule has 0 aromatic carbocycles. The van der Waals surface area contributed by atoms with Crippen molar-refractivity contribution in [3.8, 4) is 0 Å². The molecule has 2 aliphatic carbocycles. The Bertz CT molecular complexity index is 295. The van der Waals surface area contributed by atoms with Crippen LogP contribution in [0.25, 0.3) is 0 Å². The fraction of sp³-hybridized carbons (Fsp3) is 0.786. The number of hydrogen-bond donors (Lipinski definition) is 0. The van der Waals surface area contributed by atoms with E-state index in [1.807, 2.05) is 6.92 Å². The van der Waals surface area contributed by atoms with Gasteiger partial charge in [0.2, 0.25) is 0 Å². The molecule has 90 valence electrons. The summed E-state index contributed by atoms with van der Waals surface area (Å²) in [6, 6.07) is 0. The first-order chi connectivity index (χ1) is 7.63. The second-order valence-electron chi connectivity index (χ2n) is 5.36. The number of carbonyl (C=O) groups excluding carboxylic acids is 1. The van der Waals surface area contributed by atoms with Gasteiger partial charge >= 0.3 is 5.97 Å². The maximum absolute atomic E-state index is 11.4. The maximum atomic E-state index is 11.4. The van der Waals surface area contributed by atoms with E-state index in [0.717, 1.165) is 12.8 Å². The van der Waals surface area contributed by atoms with Crippen LogP contribution >= 0.6 is 0 Å². The first-order valence-electron chi connectivity index (χ1n) is 6.49. The highest BCUT2D eigenvalue weighted by Gasteiger charge is 2.42. The summed E-state index contributed by atoms with van der Waals surface area (Å²) in [6.07, 6.45) is 7.48. The highest BCUT2D eigenvalue weighted by molar-refractivity contribution is 5.69. The predicted molar refractivity (Wildman–Crippen MR) is 63.9 cm³/mol. The van der Waals surface area contributed by atoms with Crippen LogP contribution in [0, 0.1) is 23.7 Å². The van der Waals surface area contributed by atoms with Crippen molar-refractivity contribution in [1.82, 2.24) is 0 Å². The van der Waals surface area contributed by atoms with E-state index in [-0.39, 0.29) is 12.1 Å². The molecule has 16 heavy (non-hydrogen) atoms. The molecule has 0 heterocycles. The highest BCUT2D eigenvalue weighted by Crippen LogP contribution is 2.45. The molecule has 2 aliphatic rings. The molecule has 0 saturated heterocycles. The van der Waals surface area contributed by atoms with Crippen LogP contribution in [-0.4, -0.2) is 12.1 Å². The van der Waals surface area contributed by atoms with Crippen LogP contribution in [0.15, 0.2) is 12.2 Å². The third-order valence-electron chi connectivity index (χ3n) is 4.36. The minimum absolute atomic E-state index is 0.0477. The molecule has 1 saturated carbocycles. The quantitative estimate of drug-likeness (QED) is 0.530. The van der Waals surface area contributed by atoms with Gasteiger partial charge in [-0.25, -0.2) is 0 Å². The number of carbonyl (C=O) groups is 1. The van der Waals surface area contributed by atoms with E-state index >= 15 is 0 Å². The summed E-state index contributed by atoms with van der Waals surface area (Å²) in [5, 5.41) is 0. The summed E-state index contributed by atoms with van der Waals surface area (Å²) in [5.74, 6) is 2.51. The number of rotatable bonds is 2. The molecule has 0 bridgehead atoms. The molecule has 0 aliphatic heterocycles. The number of ether oxygens (including phenoxy) is 1. The Hall–Kier alpha value is -0.790. The zero-order chi connectivity index (χ0) is 11.7. The molecule has 0 N–H and O–H groups in total. The fourth-order valence-corrected chi connectivity index (χ4v) is 3.29. The molecule has 5 atom stereocenters. The van der Waals surface area contributed by atoms with E-state index in [1.54, 1.807) is 0 Å². The maximum Gasteiger partial charge on any atom is 0.305 e. The van der Waals surface area contributed by atoms with Gasteiger partial charge in [-0.15, -0.1) is 0 Å². The Labute approximate surface area is 98.1 Å². The average molecular weight is 222 g/mol. The van der Waals surface area contributed by atoms with Crippen molar-refractivity contribution in [2.24, 2.45) is 23.7 Å². The second-order valence-corrected chi connectivity index (χ2v) is 5.36. The first kappa shape index (κ1) is 11.7. The SMILES string of the molecule is CCC(=O)O[C@H]1CC(C)[C@@H]2C=CC[C@@H]2C1C. The molecule has 0 radical (unpaired) electrons. The number of allylic oxidation sites excluding steroid dienone is 2. The Morgan fingerprint density at radius 3 is 2.88 bits per heavy atom. The van der Waals surface area contributed by atoms with Gasteiger partial charge in [0.05, 0.1) is 0 Å². The molecule has 0 amide bonds. The van der Waals surface area contributed by atoms with Gasteiger partial charge in [0.1, 0.15) is 6.10 Å². The Morgan fingerprint density at radius 2 is 2.19 bits per heavy atom. The molecule has 0 aromatic heterocycles. The number of hydrogen-bond acceptors (Lipinski definition) is 2. The minimum Gasteiger partial charge on any atom is -0.462 e. The lowest BCUT2D eigenvalue weighted by atomic mass is 9.68. The number of fused-ring (bicyclic) bond motifs is 1. The minimum atomic E-state index is -0.0477. The first-order valence-corrected chi connectivity index (χ1v) is 6.49. The Balaban J connectivity index is 2.03.